The number of aromatic nitrogens is 2. The molecule has 1 fully saturated rings. The van der Waals surface area contributed by atoms with Crippen LogP contribution in [0.4, 0.5) is 0 Å². The first kappa shape index (κ1) is 18.9. The van der Waals surface area contributed by atoms with Crippen molar-refractivity contribution in [1.82, 2.24) is 14.9 Å². The van der Waals surface area contributed by atoms with Crippen molar-refractivity contribution < 1.29 is 4.79 Å². The number of nitrogens with zero attached hydrogens (tertiary/aromatic N) is 2. The van der Waals surface area contributed by atoms with Crippen molar-refractivity contribution in [2.24, 2.45) is 11.1 Å². The molecule has 1 aromatic heterocycles. The minimum atomic E-state index is -0.117. The number of fused-ring (bicyclic) bond motifs is 1. The van der Waals surface area contributed by atoms with Gasteiger partial charge in [-0.2, -0.15) is 11.8 Å². The van der Waals surface area contributed by atoms with Gasteiger partial charge in [0.25, 0.3) is 5.56 Å². The van der Waals surface area contributed by atoms with Crippen molar-refractivity contribution in [3.8, 4) is 0 Å². The molecule has 1 aromatic carbocycles. The molecule has 1 atom stereocenters. The second-order valence-electron chi connectivity index (χ2n) is 7.53. The molecule has 140 valence electrons. The fraction of sp³-hybridized carbons (Fsp3) is 0.526. The Labute approximate surface area is 157 Å². The summed E-state index contributed by atoms with van der Waals surface area (Å²) in [5.41, 5.74) is 6.69. The number of para-hydroxylation sites is 1. The molecule has 1 aliphatic rings. The van der Waals surface area contributed by atoms with Crippen molar-refractivity contribution >= 4 is 28.6 Å². The normalized spacial score (nSPS) is 19.7. The molecule has 1 amide bonds. The Hall–Kier alpha value is -1.86. The molecule has 0 aliphatic carbocycles. The molecular weight excluding hydrogens is 348 g/mol. The summed E-state index contributed by atoms with van der Waals surface area (Å²) in [6.45, 7) is 5.70. The van der Waals surface area contributed by atoms with E-state index in [1.807, 2.05) is 23.1 Å². The van der Waals surface area contributed by atoms with Crippen LogP contribution in [0.5, 0.6) is 0 Å². The number of amides is 1. The minimum absolute atomic E-state index is 0.0322. The second kappa shape index (κ2) is 7.80. The first-order valence-corrected chi connectivity index (χ1v) is 10.1. The van der Waals surface area contributed by atoms with Gasteiger partial charge in [0.05, 0.1) is 16.7 Å². The zero-order chi connectivity index (χ0) is 18.7. The predicted octanol–water partition coefficient (Wildman–Crippen LogP) is 2.13. The average Bonchev–Trinajstić information content (AvgIpc) is 2.61. The van der Waals surface area contributed by atoms with Crippen molar-refractivity contribution in [3.63, 3.8) is 0 Å². The van der Waals surface area contributed by atoms with Gasteiger partial charge in [0.2, 0.25) is 5.91 Å². The highest BCUT2D eigenvalue weighted by atomic mass is 32.2. The molecule has 3 rings (SSSR count). The number of aromatic amines is 1. The quantitative estimate of drug-likeness (QED) is 0.782. The maximum atomic E-state index is 12.4. The Morgan fingerprint density at radius 3 is 2.96 bits per heavy atom. The van der Waals surface area contributed by atoms with E-state index < -0.39 is 0 Å². The van der Waals surface area contributed by atoms with E-state index in [2.05, 4.69) is 23.8 Å². The van der Waals surface area contributed by atoms with Crippen LogP contribution in [0.3, 0.4) is 0 Å². The number of piperidine rings is 1. The van der Waals surface area contributed by atoms with Crippen molar-refractivity contribution in [2.45, 2.75) is 38.5 Å². The average molecular weight is 375 g/mol. The van der Waals surface area contributed by atoms with Crippen LogP contribution in [0.2, 0.25) is 0 Å². The van der Waals surface area contributed by atoms with E-state index in [-0.39, 0.29) is 22.9 Å². The predicted molar refractivity (Wildman–Crippen MR) is 106 cm³/mol. The monoisotopic (exact) mass is 374 g/mol. The van der Waals surface area contributed by atoms with Gasteiger partial charge in [-0.05, 0) is 24.0 Å². The van der Waals surface area contributed by atoms with Gasteiger partial charge in [-0.15, -0.1) is 0 Å². The smallest absolute Gasteiger partial charge is 0.258 e. The molecule has 0 spiro atoms. The third-order valence-corrected chi connectivity index (χ3v) is 6.00. The van der Waals surface area contributed by atoms with Crippen LogP contribution in [0.15, 0.2) is 29.1 Å². The van der Waals surface area contributed by atoms with Crippen molar-refractivity contribution in [3.05, 3.63) is 40.4 Å². The Morgan fingerprint density at radius 1 is 1.42 bits per heavy atom. The molecule has 1 saturated heterocycles. The number of hydrogen-bond acceptors (Lipinski definition) is 5. The maximum Gasteiger partial charge on any atom is 0.258 e. The molecule has 0 bridgehead atoms. The SMILES string of the molecule is CC1(C)CN(C(=O)CCSCc2nc3ccccc3c(=O)[nH]2)CCC1N. The zero-order valence-corrected chi connectivity index (χ0v) is 16.1. The van der Waals surface area contributed by atoms with Gasteiger partial charge in [-0.25, -0.2) is 4.98 Å². The summed E-state index contributed by atoms with van der Waals surface area (Å²) in [6.07, 6.45) is 1.35. The molecule has 26 heavy (non-hydrogen) atoms. The Balaban J connectivity index is 1.50. The Morgan fingerprint density at radius 2 is 2.19 bits per heavy atom. The van der Waals surface area contributed by atoms with E-state index in [0.29, 0.717) is 34.7 Å². The van der Waals surface area contributed by atoms with Gasteiger partial charge in [-0.3, -0.25) is 9.59 Å². The summed E-state index contributed by atoms with van der Waals surface area (Å²) >= 11 is 1.61. The standard InChI is InChI=1S/C19H26N4O2S/c1-19(2)12-23(9-7-15(19)20)17(24)8-10-26-11-16-21-14-6-4-3-5-13(14)18(25)22-16/h3-6,15H,7-12,20H2,1-2H3,(H,21,22,25). The van der Waals surface area contributed by atoms with E-state index in [1.165, 1.54) is 0 Å². The molecule has 6 nitrogen and oxygen atoms in total. The summed E-state index contributed by atoms with van der Waals surface area (Å²) in [4.78, 5) is 33.7. The van der Waals surface area contributed by atoms with Gasteiger partial charge in [0, 0.05) is 31.3 Å². The lowest BCUT2D eigenvalue weighted by molar-refractivity contribution is -0.134. The number of carbonyl (C=O) groups excluding carboxylic acids is 1. The third kappa shape index (κ3) is 4.27. The highest BCUT2D eigenvalue weighted by Crippen LogP contribution is 2.28. The highest BCUT2D eigenvalue weighted by Gasteiger charge is 2.34. The lowest BCUT2D eigenvalue weighted by atomic mass is 9.79. The number of H-pyrrole nitrogens is 1. The summed E-state index contributed by atoms with van der Waals surface area (Å²) in [7, 11) is 0. The largest absolute Gasteiger partial charge is 0.342 e. The van der Waals surface area contributed by atoms with E-state index in [9.17, 15) is 9.59 Å². The molecule has 1 aliphatic heterocycles. The van der Waals surface area contributed by atoms with Crippen molar-refractivity contribution in [2.75, 3.05) is 18.8 Å². The Bertz CT molecular complexity index is 849. The van der Waals surface area contributed by atoms with E-state index in [0.717, 1.165) is 19.5 Å². The number of nitrogens with one attached hydrogen (secondary N) is 1. The highest BCUT2D eigenvalue weighted by molar-refractivity contribution is 7.98. The molecular formula is C19H26N4O2S. The lowest BCUT2D eigenvalue weighted by Crippen LogP contribution is -2.54. The lowest BCUT2D eigenvalue weighted by Gasteiger charge is -2.42. The molecule has 7 heteroatoms. The number of thioether (sulfide) groups is 1. The first-order chi connectivity index (χ1) is 12.4. The van der Waals surface area contributed by atoms with Gasteiger partial charge in [0.1, 0.15) is 5.82 Å². The molecule has 1 unspecified atom stereocenters. The summed E-state index contributed by atoms with van der Waals surface area (Å²) in [6, 6.07) is 7.45. The molecule has 2 aromatic rings. The van der Waals surface area contributed by atoms with Gasteiger partial charge in [0.15, 0.2) is 0 Å². The van der Waals surface area contributed by atoms with Gasteiger partial charge < -0.3 is 15.6 Å². The van der Waals surface area contributed by atoms with Crippen LogP contribution in [-0.2, 0) is 10.5 Å². The second-order valence-corrected chi connectivity index (χ2v) is 8.64. The topological polar surface area (TPSA) is 92.1 Å². The Kier molecular flexibility index (Phi) is 5.67. The number of carbonyl (C=O) groups is 1. The van der Waals surface area contributed by atoms with Crippen LogP contribution >= 0.6 is 11.8 Å². The van der Waals surface area contributed by atoms with Gasteiger partial charge >= 0.3 is 0 Å². The van der Waals surface area contributed by atoms with Crippen LogP contribution in [0.25, 0.3) is 10.9 Å². The molecule has 2 heterocycles. The summed E-state index contributed by atoms with van der Waals surface area (Å²) in [5.74, 6) is 2.12. The number of nitrogens with two attached hydrogens (primary N) is 1. The zero-order valence-electron chi connectivity index (χ0n) is 15.3. The van der Waals surface area contributed by atoms with E-state index in [4.69, 9.17) is 5.73 Å². The number of benzene rings is 1. The summed E-state index contributed by atoms with van der Waals surface area (Å²) < 4.78 is 0. The fourth-order valence-electron chi connectivity index (χ4n) is 3.28. The van der Waals surface area contributed by atoms with Gasteiger partial charge in [-0.1, -0.05) is 26.0 Å². The van der Waals surface area contributed by atoms with Crippen molar-refractivity contribution in [1.29, 1.82) is 0 Å². The van der Waals surface area contributed by atoms with Crippen LogP contribution in [-0.4, -0.2) is 45.7 Å². The minimum Gasteiger partial charge on any atom is -0.342 e. The third-order valence-electron chi connectivity index (χ3n) is 5.03. The van der Waals surface area contributed by atoms with Crippen LogP contribution in [0, 0.1) is 5.41 Å². The van der Waals surface area contributed by atoms with E-state index in [1.54, 1.807) is 17.8 Å². The first-order valence-electron chi connectivity index (χ1n) is 8.96. The fourth-order valence-corrected chi connectivity index (χ4v) is 4.07. The maximum absolute atomic E-state index is 12.4. The number of rotatable bonds is 5. The molecule has 3 N–H and O–H groups in total. The number of likely N-dealkylation sites (tertiary alicyclic amines) is 1. The van der Waals surface area contributed by atoms with E-state index >= 15 is 0 Å². The number of hydrogen-bond donors (Lipinski definition) is 2. The molecule has 0 radical (unpaired) electrons. The summed E-state index contributed by atoms with van der Waals surface area (Å²) in [5, 5.41) is 0.599. The molecule has 0 saturated carbocycles. The van der Waals surface area contributed by atoms with Crippen LogP contribution < -0.4 is 11.3 Å². The van der Waals surface area contributed by atoms with Crippen LogP contribution in [0.1, 0.15) is 32.5 Å².